The molecule has 0 aliphatic carbocycles. The lowest BCUT2D eigenvalue weighted by molar-refractivity contribution is -0.125. The standard InChI is InChI=1S/C16H26N4O/c1-13-10-20-12-14(7-8-15(20)17-13)11-19(4)16(21)6-5-9-18(2)3/h5-6,10,14H,7-9,11-12H2,1-4H3/b6-5+. The largest absolute Gasteiger partial charge is 0.342 e. The van der Waals surface area contributed by atoms with E-state index in [1.165, 1.54) is 5.82 Å². The Morgan fingerprint density at radius 3 is 2.95 bits per heavy atom. The Kier molecular flexibility index (Phi) is 5.17. The number of fused-ring (bicyclic) bond motifs is 1. The van der Waals surface area contributed by atoms with Crippen LogP contribution in [-0.4, -0.2) is 59.5 Å². The van der Waals surface area contributed by atoms with Gasteiger partial charge in [0.1, 0.15) is 5.82 Å². The minimum Gasteiger partial charge on any atom is -0.342 e. The monoisotopic (exact) mass is 290 g/mol. The van der Waals surface area contributed by atoms with E-state index in [4.69, 9.17) is 0 Å². The van der Waals surface area contributed by atoms with Crippen LogP contribution in [0.2, 0.25) is 0 Å². The Bertz CT molecular complexity index is 518. The molecule has 2 heterocycles. The van der Waals surface area contributed by atoms with Crippen molar-refractivity contribution < 1.29 is 4.79 Å². The Hall–Kier alpha value is -1.62. The Morgan fingerprint density at radius 2 is 2.24 bits per heavy atom. The van der Waals surface area contributed by atoms with Gasteiger partial charge in [0.05, 0.1) is 5.69 Å². The van der Waals surface area contributed by atoms with Gasteiger partial charge in [0.2, 0.25) is 5.91 Å². The molecule has 21 heavy (non-hydrogen) atoms. The first-order valence-electron chi connectivity index (χ1n) is 7.54. The Balaban J connectivity index is 1.85. The van der Waals surface area contributed by atoms with Crippen LogP contribution in [0.1, 0.15) is 17.9 Å². The summed E-state index contributed by atoms with van der Waals surface area (Å²) in [4.78, 5) is 20.4. The lowest BCUT2D eigenvalue weighted by Gasteiger charge is -2.27. The quantitative estimate of drug-likeness (QED) is 0.768. The van der Waals surface area contributed by atoms with Crippen molar-refractivity contribution in [2.45, 2.75) is 26.3 Å². The van der Waals surface area contributed by atoms with Crippen LogP contribution in [0.25, 0.3) is 0 Å². The molecule has 0 saturated carbocycles. The molecule has 2 rings (SSSR count). The van der Waals surface area contributed by atoms with Gasteiger partial charge >= 0.3 is 0 Å². The number of carbonyl (C=O) groups excluding carboxylic acids is 1. The number of likely N-dealkylation sites (N-methyl/N-ethyl adjacent to an activating group) is 2. The first-order valence-corrected chi connectivity index (χ1v) is 7.54. The van der Waals surface area contributed by atoms with Gasteiger partial charge in [-0.15, -0.1) is 0 Å². The van der Waals surface area contributed by atoms with Crippen LogP contribution in [0.5, 0.6) is 0 Å². The van der Waals surface area contributed by atoms with Crippen LogP contribution < -0.4 is 0 Å². The average molecular weight is 290 g/mol. The highest BCUT2D eigenvalue weighted by Gasteiger charge is 2.21. The summed E-state index contributed by atoms with van der Waals surface area (Å²) in [5.74, 6) is 1.79. The first-order chi connectivity index (χ1) is 9.95. The summed E-state index contributed by atoms with van der Waals surface area (Å²) in [5.41, 5.74) is 1.08. The number of imidazole rings is 1. The fourth-order valence-electron chi connectivity index (χ4n) is 2.77. The molecule has 1 unspecified atom stereocenters. The van der Waals surface area contributed by atoms with E-state index in [0.717, 1.165) is 38.2 Å². The molecule has 0 radical (unpaired) electrons. The van der Waals surface area contributed by atoms with Crippen LogP contribution in [0, 0.1) is 12.8 Å². The zero-order chi connectivity index (χ0) is 15.4. The van der Waals surface area contributed by atoms with Gasteiger partial charge in [-0.3, -0.25) is 4.79 Å². The molecular weight excluding hydrogens is 264 g/mol. The van der Waals surface area contributed by atoms with Crippen molar-refractivity contribution >= 4 is 5.91 Å². The second kappa shape index (κ2) is 6.89. The number of hydrogen-bond acceptors (Lipinski definition) is 3. The highest BCUT2D eigenvalue weighted by molar-refractivity contribution is 5.87. The number of rotatable bonds is 5. The summed E-state index contributed by atoms with van der Waals surface area (Å²) in [6.07, 6.45) is 7.82. The third-order valence-electron chi connectivity index (χ3n) is 3.85. The van der Waals surface area contributed by atoms with Crippen LogP contribution >= 0.6 is 0 Å². The number of carbonyl (C=O) groups is 1. The number of aryl methyl sites for hydroxylation is 2. The predicted molar refractivity (Wildman–Crippen MR) is 84.1 cm³/mol. The fourth-order valence-corrected chi connectivity index (χ4v) is 2.77. The van der Waals surface area contributed by atoms with Crippen molar-refractivity contribution in [3.63, 3.8) is 0 Å². The molecule has 1 aliphatic heterocycles. The lowest BCUT2D eigenvalue weighted by Crippen LogP contribution is -2.34. The van der Waals surface area contributed by atoms with Crippen molar-refractivity contribution in [3.05, 3.63) is 29.9 Å². The third-order valence-corrected chi connectivity index (χ3v) is 3.85. The van der Waals surface area contributed by atoms with Crippen molar-refractivity contribution in [2.24, 2.45) is 5.92 Å². The van der Waals surface area contributed by atoms with E-state index in [1.54, 1.807) is 6.08 Å². The van der Waals surface area contributed by atoms with Gasteiger partial charge in [0, 0.05) is 45.4 Å². The molecular formula is C16H26N4O. The van der Waals surface area contributed by atoms with Crippen LogP contribution in [0.15, 0.2) is 18.3 Å². The minimum atomic E-state index is 0.0875. The van der Waals surface area contributed by atoms with Gasteiger partial charge in [-0.2, -0.15) is 0 Å². The van der Waals surface area contributed by atoms with Gasteiger partial charge in [-0.05, 0) is 33.4 Å². The zero-order valence-corrected chi connectivity index (χ0v) is 13.5. The fraction of sp³-hybridized carbons (Fsp3) is 0.625. The SMILES string of the molecule is Cc1cn2c(n1)CCC(CN(C)C(=O)/C=C/CN(C)C)C2. The maximum absolute atomic E-state index is 12.0. The predicted octanol–water partition coefficient (Wildman–Crippen LogP) is 1.33. The molecule has 1 amide bonds. The minimum absolute atomic E-state index is 0.0875. The summed E-state index contributed by atoms with van der Waals surface area (Å²) < 4.78 is 2.24. The smallest absolute Gasteiger partial charge is 0.246 e. The third kappa shape index (κ3) is 4.43. The highest BCUT2D eigenvalue weighted by Crippen LogP contribution is 2.20. The van der Waals surface area contributed by atoms with E-state index in [9.17, 15) is 4.79 Å². The summed E-state index contributed by atoms with van der Waals surface area (Å²) >= 11 is 0. The zero-order valence-electron chi connectivity index (χ0n) is 13.5. The molecule has 116 valence electrons. The molecule has 1 aromatic heterocycles. The van der Waals surface area contributed by atoms with Crippen molar-refractivity contribution in [1.82, 2.24) is 19.4 Å². The number of hydrogen-bond donors (Lipinski definition) is 0. The molecule has 0 N–H and O–H groups in total. The molecule has 1 aromatic rings. The molecule has 5 heteroatoms. The van der Waals surface area contributed by atoms with Crippen LogP contribution in [0.3, 0.4) is 0 Å². The molecule has 0 bridgehead atoms. The van der Waals surface area contributed by atoms with Crippen molar-refractivity contribution in [2.75, 3.05) is 34.2 Å². The van der Waals surface area contributed by atoms with Gasteiger partial charge in [-0.1, -0.05) is 6.08 Å². The number of amides is 1. The van der Waals surface area contributed by atoms with E-state index in [1.807, 2.05) is 43.9 Å². The van der Waals surface area contributed by atoms with Crippen LogP contribution in [0.4, 0.5) is 0 Å². The average Bonchev–Trinajstić information content (AvgIpc) is 2.77. The summed E-state index contributed by atoms with van der Waals surface area (Å²) in [7, 11) is 5.87. The Morgan fingerprint density at radius 1 is 1.48 bits per heavy atom. The van der Waals surface area contributed by atoms with Gasteiger partial charge in [0.15, 0.2) is 0 Å². The topological polar surface area (TPSA) is 41.4 Å². The maximum Gasteiger partial charge on any atom is 0.246 e. The lowest BCUT2D eigenvalue weighted by atomic mass is 9.99. The molecule has 0 fully saturated rings. The van der Waals surface area contributed by atoms with Crippen molar-refractivity contribution in [3.8, 4) is 0 Å². The number of nitrogens with zero attached hydrogens (tertiary/aromatic N) is 4. The van der Waals surface area contributed by atoms with Gasteiger partial charge in [0.25, 0.3) is 0 Å². The van der Waals surface area contributed by atoms with Crippen LogP contribution in [-0.2, 0) is 17.8 Å². The van der Waals surface area contributed by atoms with E-state index >= 15 is 0 Å². The molecule has 1 atom stereocenters. The van der Waals surface area contributed by atoms with Gasteiger partial charge in [-0.25, -0.2) is 4.98 Å². The molecule has 0 aromatic carbocycles. The second-order valence-electron chi connectivity index (χ2n) is 6.24. The number of aromatic nitrogens is 2. The summed E-state index contributed by atoms with van der Waals surface area (Å²) in [6.45, 7) is 4.60. The van der Waals surface area contributed by atoms with E-state index in [-0.39, 0.29) is 5.91 Å². The molecule has 0 saturated heterocycles. The summed E-state index contributed by atoms with van der Waals surface area (Å²) in [5, 5.41) is 0. The van der Waals surface area contributed by atoms with E-state index in [2.05, 4.69) is 15.7 Å². The van der Waals surface area contributed by atoms with E-state index in [0.29, 0.717) is 5.92 Å². The maximum atomic E-state index is 12.0. The normalized spacial score (nSPS) is 18.2. The highest BCUT2D eigenvalue weighted by atomic mass is 16.2. The first kappa shape index (κ1) is 15.8. The van der Waals surface area contributed by atoms with E-state index < -0.39 is 0 Å². The summed E-state index contributed by atoms with van der Waals surface area (Å²) in [6, 6.07) is 0. The van der Waals surface area contributed by atoms with Gasteiger partial charge < -0.3 is 14.4 Å². The second-order valence-corrected chi connectivity index (χ2v) is 6.24. The van der Waals surface area contributed by atoms with Crippen molar-refractivity contribution in [1.29, 1.82) is 0 Å². The molecule has 1 aliphatic rings. The Labute approximate surface area is 127 Å². The molecule has 5 nitrogen and oxygen atoms in total. The molecule has 0 spiro atoms.